The molecule has 0 radical (unpaired) electrons. The zero-order valence-corrected chi connectivity index (χ0v) is 22.6. The molecule has 11 heteroatoms. The fourth-order valence-corrected chi connectivity index (χ4v) is 5.51. The highest BCUT2D eigenvalue weighted by molar-refractivity contribution is 7.07. The van der Waals surface area contributed by atoms with Gasteiger partial charge in [0.05, 0.1) is 35.1 Å². The standard InChI is InChI=1S/C28H26N2O8S/c1-5-34-21-11-17(7-9-20(21)38-16(4)31)12-23-26(32)30-25(18-8-10-19-22(13-18)37-14-36-19)24(27(33)35-6-2)15(3)29-28(30)39-23/h7-13,25H,5-6,14H2,1-4H3/b23-12-/t25-/m1/s1. The van der Waals surface area contributed by atoms with Crippen LogP contribution in [-0.2, 0) is 14.3 Å². The molecule has 0 fully saturated rings. The van der Waals surface area contributed by atoms with Crippen LogP contribution in [0.15, 0.2) is 57.5 Å². The minimum absolute atomic E-state index is 0.0983. The number of thiazole rings is 1. The molecular weight excluding hydrogens is 524 g/mol. The van der Waals surface area contributed by atoms with Crippen LogP contribution >= 0.6 is 11.3 Å². The molecule has 2 aliphatic rings. The van der Waals surface area contributed by atoms with E-state index in [-0.39, 0.29) is 24.5 Å². The molecule has 0 unspecified atom stereocenters. The summed E-state index contributed by atoms with van der Waals surface area (Å²) in [4.78, 5) is 43.4. The van der Waals surface area contributed by atoms with Crippen molar-refractivity contribution < 1.29 is 33.3 Å². The summed E-state index contributed by atoms with van der Waals surface area (Å²) < 4.78 is 29.1. The van der Waals surface area contributed by atoms with E-state index in [9.17, 15) is 14.4 Å². The van der Waals surface area contributed by atoms with Crippen molar-refractivity contribution in [2.24, 2.45) is 4.99 Å². The lowest BCUT2D eigenvalue weighted by Gasteiger charge is -2.24. The summed E-state index contributed by atoms with van der Waals surface area (Å²) in [5, 5.41) is 0. The van der Waals surface area contributed by atoms with Crippen molar-refractivity contribution in [1.82, 2.24) is 4.57 Å². The van der Waals surface area contributed by atoms with Crippen LogP contribution in [0.1, 0.15) is 44.9 Å². The Balaban J connectivity index is 1.66. The highest BCUT2D eigenvalue weighted by Crippen LogP contribution is 2.38. The number of benzene rings is 2. The third-order valence-corrected chi connectivity index (χ3v) is 7.03. The molecule has 2 aromatic carbocycles. The number of carbonyl (C=O) groups excluding carboxylic acids is 2. The molecule has 0 amide bonds. The summed E-state index contributed by atoms with van der Waals surface area (Å²) in [6.45, 7) is 7.23. The monoisotopic (exact) mass is 550 g/mol. The molecule has 0 aliphatic carbocycles. The zero-order valence-electron chi connectivity index (χ0n) is 21.8. The Morgan fingerprint density at radius 3 is 2.64 bits per heavy atom. The third kappa shape index (κ3) is 5.05. The fourth-order valence-electron chi connectivity index (χ4n) is 4.46. The summed E-state index contributed by atoms with van der Waals surface area (Å²) in [6, 6.07) is 9.59. The minimum atomic E-state index is -0.776. The maximum absolute atomic E-state index is 13.8. The van der Waals surface area contributed by atoms with Crippen LogP contribution < -0.4 is 33.8 Å². The van der Waals surface area contributed by atoms with E-state index in [1.165, 1.54) is 22.8 Å². The van der Waals surface area contributed by atoms with Crippen molar-refractivity contribution in [3.8, 4) is 23.0 Å². The molecular formula is C28H26N2O8S. The molecule has 202 valence electrons. The van der Waals surface area contributed by atoms with Crippen molar-refractivity contribution in [3.63, 3.8) is 0 Å². The normalized spacial score (nSPS) is 16.0. The fraction of sp³-hybridized carbons (Fsp3) is 0.286. The van der Waals surface area contributed by atoms with E-state index >= 15 is 0 Å². The average molecular weight is 551 g/mol. The largest absolute Gasteiger partial charge is 0.490 e. The van der Waals surface area contributed by atoms with Crippen molar-refractivity contribution in [1.29, 1.82) is 0 Å². The maximum atomic E-state index is 13.8. The molecule has 1 aromatic heterocycles. The molecule has 0 spiro atoms. The summed E-state index contributed by atoms with van der Waals surface area (Å²) >= 11 is 1.21. The number of rotatable bonds is 7. The maximum Gasteiger partial charge on any atom is 0.338 e. The Labute approximate surface area is 227 Å². The van der Waals surface area contributed by atoms with E-state index in [1.807, 2.05) is 6.92 Å². The van der Waals surface area contributed by atoms with Gasteiger partial charge in [-0.15, -0.1) is 0 Å². The number of nitrogens with zero attached hydrogens (tertiary/aromatic N) is 2. The number of aromatic nitrogens is 1. The van der Waals surface area contributed by atoms with Crippen LogP contribution in [0.3, 0.4) is 0 Å². The van der Waals surface area contributed by atoms with Gasteiger partial charge in [0.15, 0.2) is 27.8 Å². The second-order valence-electron chi connectivity index (χ2n) is 8.65. The predicted octanol–water partition coefficient (Wildman–Crippen LogP) is 2.85. The molecule has 2 aliphatic heterocycles. The predicted molar refractivity (Wildman–Crippen MR) is 142 cm³/mol. The van der Waals surface area contributed by atoms with Gasteiger partial charge < -0.3 is 23.7 Å². The van der Waals surface area contributed by atoms with E-state index in [0.717, 1.165) is 0 Å². The summed E-state index contributed by atoms with van der Waals surface area (Å²) in [7, 11) is 0. The number of hydrogen-bond acceptors (Lipinski definition) is 10. The lowest BCUT2D eigenvalue weighted by molar-refractivity contribution is -0.139. The summed E-state index contributed by atoms with van der Waals surface area (Å²) in [5.74, 6) is 0.787. The number of ether oxygens (including phenoxy) is 5. The Morgan fingerprint density at radius 2 is 1.90 bits per heavy atom. The third-order valence-electron chi connectivity index (χ3n) is 6.05. The van der Waals surface area contributed by atoms with Crippen molar-refractivity contribution in [3.05, 3.63) is 78.5 Å². The van der Waals surface area contributed by atoms with Crippen LogP contribution in [0, 0.1) is 0 Å². The van der Waals surface area contributed by atoms with Crippen LogP contribution in [0.25, 0.3) is 6.08 Å². The van der Waals surface area contributed by atoms with Gasteiger partial charge in [-0.05, 0) is 62.2 Å². The zero-order chi connectivity index (χ0) is 27.7. The van der Waals surface area contributed by atoms with Crippen LogP contribution in [0.4, 0.5) is 0 Å². The number of hydrogen-bond donors (Lipinski definition) is 0. The van der Waals surface area contributed by atoms with Gasteiger partial charge in [-0.2, -0.15) is 0 Å². The van der Waals surface area contributed by atoms with Crippen molar-refractivity contribution in [2.45, 2.75) is 33.7 Å². The second kappa shape index (κ2) is 10.8. The highest BCUT2D eigenvalue weighted by Gasteiger charge is 2.34. The van der Waals surface area contributed by atoms with E-state index in [1.54, 1.807) is 56.3 Å². The summed E-state index contributed by atoms with van der Waals surface area (Å²) in [6.07, 6.45) is 1.71. The van der Waals surface area contributed by atoms with Crippen molar-refractivity contribution in [2.75, 3.05) is 20.0 Å². The van der Waals surface area contributed by atoms with Gasteiger partial charge in [0, 0.05) is 6.92 Å². The Kier molecular flexibility index (Phi) is 7.25. The van der Waals surface area contributed by atoms with Gasteiger partial charge in [0.1, 0.15) is 0 Å². The number of carbonyl (C=O) groups is 2. The first kappa shape index (κ1) is 26.2. The van der Waals surface area contributed by atoms with Gasteiger partial charge in [-0.25, -0.2) is 9.79 Å². The van der Waals surface area contributed by atoms with E-state index in [0.29, 0.717) is 55.8 Å². The smallest absolute Gasteiger partial charge is 0.338 e. The van der Waals surface area contributed by atoms with E-state index < -0.39 is 18.0 Å². The van der Waals surface area contributed by atoms with Crippen LogP contribution in [0.2, 0.25) is 0 Å². The molecule has 0 N–H and O–H groups in total. The van der Waals surface area contributed by atoms with Crippen LogP contribution in [-0.4, -0.2) is 36.5 Å². The molecule has 39 heavy (non-hydrogen) atoms. The molecule has 1 atom stereocenters. The summed E-state index contributed by atoms with van der Waals surface area (Å²) in [5.41, 5.74) is 1.75. The molecule has 5 rings (SSSR count). The lowest BCUT2D eigenvalue weighted by atomic mass is 9.95. The quantitative estimate of drug-likeness (QED) is 0.326. The van der Waals surface area contributed by atoms with Crippen molar-refractivity contribution >= 4 is 29.4 Å². The first-order valence-corrected chi connectivity index (χ1v) is 13.2. The van der Waals surface area contributed by atoms with E-state index in [4.69, 9.17) is 23.7 Å². The molecule has 0 saturated carbocycles. The Hall–Kier alpha value is -4.38. The first-order valence-electron chi connectivity index (χ1n) is 12.3. The molecule has 10 nitrogen and oxygen atoms in total. The number of fused-ring (bicyclic) bond motifs is 2. The van der Waals surface area contributed by atoms with Gasteiger partial charge in [0.25, 0.3) is 5.56 Å². The Morgan fingerprint density at radius 1 is 1.10 bits per heavy atom. The topological polar surface area (TPSA) is 115 Å². The van der Waals surface area contributed by atoms with Gasteiger partial charge in [0.2, 0.25) is 6.79 Å². The molecule has 0 saturated heterocycles. The Bertz CT molecular complexity index is 1680. The first-order chi connectivity index (χ1) is 18.8. The van der Waals surface area contributed by atoms with Gasteiger partial charge >= 0.3 is 11.9 Å². The molecule has 3 heterocycles. The SMILES string of the molecule is CCOC(=O)C1=C(C)N=c2s/c(=C\c3ccc(OC(C)=O)c(OCC)c3)c(=O)n2[C@@H]1c1ccc2c(c1)OCO2. The van der Waals surface area contributed by atoms with Gasteiger partial charge in [-0.1, -0.05) is 23.5 Å². The molecule has 0 bridgehead atoms. The van der Waals surface area contributed by atoms with Crippen LogP contribution in [0.5, 0.6) is 23.0 Å². The average Bonchev–Trinajstić information content (AvgIpc) is 3.48. The second-order valence-corrected chi connectivity index (χ2v) is 9.66. The lowest BCUT2D eigenvalue weighted by Crippen LogP contribution is -2.39. The molecule has 3 aromatic rings. The number of esters is 2. The minimum Gasteiger partial charge on any atom is -0.490 e. The number of allylic oxidation sites excluding steroid dienone is 1. The highest BCUT2D eigenvalue weighted by atomic mass is 32.1. The van der Waals surface area contributed by atoms with Gasteiger partial charge in [-0.3, -0.25) is 14.2 Å². The van der Waals surface area contributed by atoms with E-state index in [2.05, 4.69) is 4.99 Å².